The Morgan fingerprint density at radius 2 is 2.00 bits per heavy atom. The summed E-state index contributed by atoms with van der Waals surface area (Å²) in [5.74, 6) is -0.0389. The summed E-state index contributed by atoms with van der Waals surface area (Å²) < 4.78 is 0. The Labute approximate surface area is 125 Å². The molecule has 0 aliphatic carbocycles. The van der Waals surface area contributed by atoms with E-state index in [-0.39, 0.29) is 5.91 Å². The number of amides is 1. The molecule has 0 aliphatic heterocycles. The molecule has 1 aromatic carbocycles. The van der Waals surface area contributed by atoms with Crippen molar-refractivity contribution in [3.8, 4) is 0 Å². The number of nitrogens with zero attached hydrogens (tertiary/aromatic N) is 2. The van der Waals surface area contributed by atoms with Gasteiger partial charge in [-0.25, -0.2) is 4.98 Å². The highest BCUT2D eigenvalue weighted by atomic mass is 16.2. The van der Waals surface area contributed by atoms with Crippen molar-refractivity contribution < 1.29 is 4.79 Å². The molecule has 2 rings (SSSR count). The van der Waals surface area contributed by atoms with Crippen LogP contribution in [0, 0.1) is 6.92 Å². The average molecular weight is 283 g/mol. The SMILES string of the molecule is CCCN(Cc1cccc(N)c1)C(=O)c1cccc(C)n1. The van der Waals surface area contributed by atoms with Gasteiger partial charge in [0.25, 0.3) is 5.91 Å². The van der Waals surface area contributed by atoms with Gasteiger partial charge in [0, 0.05) is 24.5 Å². The van der Waals surface area contributed by atoms with Crippen molar-refractivity contribution in [2.24, 2.45) is 0 Å². The van der Waals surface area contributed by atoms with E-state index in [9.17, 15) is 4.79 Å². The molecular formula is C17H21N3O. The number of carbonyl (C=O) groups is 1. The molecule has 1 aromatic heterocycles. The second-order valence-electron chi connectivity index (χ2n) is 5.14. The zero-order valence-corrected chi connectivity index (χ0v) is 12.5. The molecule has 1 amide bonds. The second kappa shape index (κ2) is 6.88. The van der Waals surface area contributed by atoms with E-state index in [1.807, 2.05) is 48.2 Å². The van der Waals surface area contributed by atoms with Gasteiger partial charge < -0.3 is 10.6 Å². The zero-order chi connectivity index (χ0) is 15.2. The molecule has 0 saturated carbocycles. The molecule has 2 N–H and O–H groups in total. The predicted molar refractivity (Wildman–Crippen MR) is 84.9 cm³/mol. The Balaban J connectivity index is 2.20. The molecule has 4 nitrogen and oxygen atoms in total. The number of nitrogen functional groups attached to an aromatic ring is 1. The molecule has 2 aromatic rings. The van der Waals surface area contributed by atoms with Gasteiger partial charge in [-0.2, -0.15) is 0 Å². The Morgan fingerprint density at radius 3 is 2.67 bits per heavy atom. The molecule has 110 valence electrons. The number of aryl methyl sites for hydroxylation is 1. The number of pyridine rings is 1. The highest BCUT2D eigenvalue weighted by Crippen LogP contribution is 2.12. The van der Waals surface area contributed by atoms with Crippen LogP contribution in [0.15, 0.2) is 42.5 Å². The highest BCUT2D eigenvalue weighted by molar-refractivity contribution is 5.92. The van der Waals surface area contributed by atoms with Crippen LogP contribution in [0.2, 0.25) is 0 Å². The van der Waals surface area contributed by atoms with Gasteiger partial charge in [0.1, 0.15) is 5.69 Å². The predicted octanol–water partition coefficient (Wildman–Crippen LogP) is 3.02. The molecule has 0 saturated heterocycles. The first kappa shape index (κ1) is 15.0. The summed E-state index contributed by atoms with van der Waals surface area (Å²) >= 11 is 0. The molecular weight excluding hydrogens is 262 g/mol. The monoisotopic (exact) mass is 283 g/mol. The fourth-order valence-electron chi connectivity index (χ4n) is 2.26. The fourth-order valence-corrected chi connectivity index (χ4v) is 2.26. The van der Waals surface area contributed by atoms with Gasteiger partial charge in [-0.3, -0.25) is 4.79 Å². The summed E-state index contributed by atoms with van der Waals surface area (Å²) in [5, 5.41) is 0. The van der Waals surface area contributed by atoms with Crippen LogP contribution in [-0.2, 0) is 6.54 Å². The Kier molecular flexibility index (Phi) is 4.93. The molecule has 0 bridgehead atoms. The lowest BCUT2D eigenvalue weighted by molar-refractivity contribution is 0.0737. The van der Waals surface area contributed by atoms with Crippen LogP contribution in [0.5, 0.6) is 0 Å². The Morgan fingerprint density at radius 1 is 1.24 bits per heavy atom. The van der Waals surface area contributed by atoms with Gasteiger partial charge in [-0.1, -0.05) is 25.1 Å². The van der Waals surface area contributed by atoms with Crippen molar-refractivity contribution >= 4 is 11.6 Å². The first-order valence-electron chi connectivity index (χ1n) is 7.17. The molecule has 0 unspecified atom stereocenters. The third-order valence-electron chi connectivity index (χ3n) is 3.21. The van der Waals surface area contributed by atoms with E-state index >= 15 is 0 Å². The van der Waals surface area contributed by atoms with E-state index in [2.05, 4.69) is 11.9 Å². The summed E-state index contributed by atoms with van der Waals surface area (Å²) in [7, 11) is 0. The Bertz CT molecular complexity index is 625. The number of rotatable bonds is 5. The van der Waals surface area contributed by atoms with Crippen molar-refractivity contribution in [3.63, 3.8) is 0 Å². The normalized spacial score (nSPS) is 10.4. The van der Waals surface area contributed by atoms with E-state index in [4.69, 9.17) is 5.73 Å². The van der Waals surface area contributed by atoms with Crippen LogP contribution in [0.3, 0.4) is 0 Å². The van der Waals surface area contributed by atoms with E-state index in [1.54, 1.807) is 6.07 Å². The summed E-state index contributed by atoms with van der Waals surface area (Å²) in [5.41, 5.74) is 8.89. The van der Waals surface area contributed by atoms with Crippen molar-refractivity contribution in [3.05, 3.63) is 59.4 Å². The smallest absolute Gasteiger partial charge is 0.272 e. The number of carbonyl (C=O) groups excluding carboxylic acids is 1. The number of anilines is 1. The number of hydrogen-bond donors (Lipinski definition) is 1. The van der Waals surface area contributed by atoms with Crippen LogP contribution in [-0.4, -0.2) is 22.3 Å². The van der Waals surface area contributed by atoms with E-state index in [0.29, 0.717) is 24.5 Å². The van der Waals surface area contributed by atoms with Crippen molar-refractivity contribution in [1.82, 2.24) is 9.88 Å². The lowest BCUT2D eigenvalue weighted by Crippen LogP contribution is -2.32. The second-order valence-corrected chi connectivity index (χ2v) is 5.14. The van der Waals surface area contributed by atoms with E-state index in [0.717, 1.165) is 17.7 Å². The van der Waals surface area contributed by atoms with Crippen molar-refractivity contribution in [2.75, 3.05) is 12.3 Å². The van der Waals surface area contributed by atoms with Gasteiger partial charge in [0.05, 0.1) is 0 Å². The van der Waals surface area contributed by atoms with Crippen LogP contribution in [0.4, 0.5) is 5.69 Å². The third-order valence-corrected chi connectivity index (χ3v) is 3.21. The highest BCUT2D eigenvalue weighted by Gasteiger charge is 2.16. The zero-order valence-electron chi connectivity index (χ0n) is 12.5. The first-order valence-corrected chi connectivity index (χ1v) is 7.17. The van der Waals surface area contributed by atoms with Gasteiger partial charge in [-0.05, 0) is 43.2 Å². The van der Waals surface area contributed by atoms with Gasteiger partial charge in [0.15, 0.2) is 0 Å². The number of hydrogen-bond acceptors (Lipinski definition) is 3. The number of benzene rings is 1. The van der Waals surface area contributed by atoms with Gasteiger partial charge in [0.2, 0.25) is 0 Å². The third kappa shape index (κ3) is 4.05. The maximum absolute atomic E-state index is 12.6. The largest absolute Gasteiger partial charge is 0.399 e. The molecule has 0 aliphatic rings. The molecule has 0 radical (unpaired) electrons. The van der Waals surface area contributed by atoms with Gasteiger partial charge >= 0.3 is 0 Å². The van der Waals surface area contributed by atoms with Crippen LogP contribution in [0.25, 0.3) is 0 Å². The fraction of sp³-hybridized carbons (Fsp3) is 0.294. The van der Waals surface area contributed by atoms with Crippen LogP contribution in [0.1, 0.15) is 35.1 Å². The van der Waals surface area contributed by atoms with E-state index in [1.165, 1.54) is 0 Å². The minimum atomic E-state index is -0.0389. The summed E-state index contributed by atoms with van der Waals surface area (Å²) in [6.45, 7) is 5.19. The summed E-state index contributed by atoms with van der Waals surface area (Å²) in [4.78, 5) is 18.7. The van der Waals surface area contributed by atoms with Gasteiger partial charge in [-0.15, -0.1) is 0 Å². The summed E-state index contributed by atoms with van der Waals surface area (Å²) in [6.07, 6.45) is 0.903. The summed E-state index contributed by atoms with van der Waals surface area (Å²) in [6, 6.07) is 13.1. The molecule has 0 fully saturated rings. The standard InChI is InChI=1S/C17H21N3O/c1-3-10-20(12-14-7-5-8-15(18)11-14)17(21)16-9-4-6-13(2)19-16/h4-9,11H,3,10,12,18H2,1-2H3. The molecule has 0 spiro atoms. The maximum Gasteiger partial charge on any atom is 0.272 e. The Hall–Kier alpha value is -2.36. The minimum Gasteiger partial charge on any atom is -0.399 e. The topological polar surface area (TPSA) is 59.2 Å². The lowest BCUT2D eigenvalue weighted by atomic mass is 10.1. The lowest BCUT2D eigenvalue weighted by Gasteiger charge is -2.22. The number of nitrogens with two attached hydrogens (primary N) is 1. The molecule has 1 heterocycles. The maximum atomic E-state index is 12.6. The first-order chi connectivity index (χ1) is 10.1. The van der Waals surface area contributed by atoms with E-state index < -0.39 is 0 Å². The molecule has 21 heavy (non-hydrogen) atoms. The minimum absolute atomic E-state index is 0.0389. The molecule has 0 atom stereocenters. The number of aromatic nitrogens is 1. The van der Waals surface area contributed by atoms with Crippen molar-refractivity contribution in [1.29, 1.82) is 0 Å². The quantitative estimate of drug-likeness (QED) is 0.858. The van der Waals surface area contributed by atoms with Crippen LogP contribution < -0.4 is 5.73 Å². The average Bonchev–Trinajstić information content (AvgIpc) is 2.46. The van der Waals surface area contributed by atoms with Crippen molar-refractivity contribution in [2.45, 2.75) is 26.8 Å². The molecule has 4 heteroatoms. The van der Waals surface area contributed by atoms with Crippen LogP contribution >= 0.6 is 0 Å².